The van der Waals surface area contributed by atoms with Crippen LogP contribution in [0.5, 0.6) is 0 Å². The number of ketones is 1. The fourth-order valence-electron chi connectivity index (χ4n) is 9.90. The number of carboxylic acid groups (broad SMARTS) is 1. The Morgan fingerprint density at radius 2 is 1.52 bits per heavy atom. The highest BCUT2D eigenvalue weighted by atomic mass is 32.2. The van der Waals surface area contributed by atoms with E-state index in [1.165, 1.54) is 24.3 Å². The van der Waals surface area contributed by atoms with Crippen LogP contribution in [0.25, 0.3) is 0 Å². The van der Waals surface area contributed by atoms with Gasteiger partial charge >= 0.3 is 11.9 Å². The number of nitrogens with two attached hydrogens (primary N) is 2. The summed E-state index contributed by atoms with van der Waals surface area (Å²) in [5.74, 6) is 0.356. The Morgan fingerprint density at radius 3 is 2.05 bits per heavy atom. The largest absolute Gasteiger partial charge is 0.480 e. The number of benzene rings is 2. The number of aliphatic carboxylic acids is 1. The third-order valence-electron chi connectivity index (χ3n) is 12.8. The van der Waals surface area contributed by atoms with Gasteiger partial charge in [0.25, 0.3) is 0 Å². The van der Waals surface area contributed by atoms with E-state index < -0.39 is 5.97 Å². The molecular formula is C42H54N8O7S. The summed E-state index contributed by atoms with van der Waals surface area (Å²) in [6.45, 7) is 7.39. The number of carbonyl (C=O) groups is 5. The van der Waals surface area contributed by atoms with Crippen molar-refractivity contribution in [2.45, 2.75) is 96.3 Å². The molecular weight excluding hydrogens is 761 g/mol. The van der Waals surface area contributed by atoms with Crippen LogP contribution in [0.2, 0.25) is 0 Å². The number of amidine groups is 2. The quantitative estimate of drug-likeness (QED) is 0.0502. The molecule has 4 fully saturated rings. The number of carbonyl (C=O) groups excluding carboxylic acids is 4. The molecule has 15 nitrogen and oxygen atoms in total. The number of hydrogen-bond acceptors (Lipinski definition) is 11. The predicted molar refractivity (Wildman–Crippen MR) is 222 cm³/mol. The monoisotopic (exact) mass is 814 g/mol. The summed E-state index contributed by atoms with van der Waals surface area (Å²) in [5.41, 5.74) is 17.3. The molecule has 2 aromatic rings. The summed E-state index contributed by atoms with van der Waals surface area (Å²) in [5, 5.41) is 32.9. The van der Waals surface area contributed by atoms with Crippen molar-refractivity contribution in [2.75, 3.05) is 12.0 Å². The fourth-order valence-corrected chi connectivity index (χ4v) is 11.1. The van der Waals surface area contributed by atoms with E-state index in [1.807, 2.05) is 6.08 Å². The van der Waals surface area contributed by atoms with E-state index in [9.17, 15) is 24.0 Å². The van der Waals surface area contributed by atoms with Crippen LogP contribution in [0.4, 0.5) is 11.4 Å². The smallest absolute Gasteiger partial charge is 0.322 e. The molecule has 2 aromatic carbocycles. The topological polar surface area (TPSA) is 263 Å². The number of nitrogen functional groups attached to an aromatic ring is 2. The first-order valence-corrected chi connectivity index (χ1v) is 20.4. The molecule has 1 saturated heterocycles. The number of amides is 1. The predicted octanol–water partition coefficient (Wildman–Crippen LogP) is 6.42. The van der Waals surface area contributed by atoms with Crippen molar-refractivity contribution in [1.82, 2.24) is 5.32 Å². The van der Waals surface area contributed by atoms with E-state index in [0.29, 0.717) is 47.4 Å². The zero-order valence-corrected chi connectivity index (χ0v) is 34.2. The Hall–Kier alpha value is -5.38. The van der Waals surface area contributed by atoms with Gasteiger partial charge in [0.05, 0.1) is 11.4 Å². The molecule has 7 rings (SSSR count). The number of thioether (sulfide) groups is 1. The minimum absolute atomic E-state index is 0.0119. The lowest BCUT2D eigenvalue weighted by atomic mass is 9.46. The summed E-state index contributed by atoms with van der Waals surface area (Å²) in [7, 11) is 0. The second-order valence-corrected chi connectivity index (χ2v) is 17.6. The lowest BCUT2D eigenvalue weighted by Crippen LogP contribution is -2.57. The van der Waals surface area contributed by atoms with Crippen LogP contribution in [0.15, 0.2) is 70.5 Å². The Kier molecular flexibility index (Phi) is 13.6. The van der Waals surface area contributed by atoms with Crippen molar-refractivity contribution in [3.05, 3.63) is 71.3 Å². The number of ether oxygens (including phenoxy) is 1. The van der Waals surface area contributed by atoms with Gasteiger partial charge < -0.3 is 26.6 Å². The van der Waals surface area contributed by atoms with Crippen LogP contribution in [0, 0.1) is 39.4 Å². The summed E-state index contributed by atoms with van der Waals surface area (Å²) < 4.78 is 6.06. The number of allylic oxidation sites excluding steroid dienone is 1. The number of nitrogens with one attached hydrogen (secondary N) is 4. The number of esters is 1. The van der Waals surface area contributed by atoms with Gasteiger partial charge in [-0.25, -0.2) is 0 Å². The second kappa shape index (κ2) is 18.0. The molecule has 3 saturated carbocycles. The summed E-state index contributed by atoms with van der Waals surface area (Å²) in [4.78, 5) is 56.1. The molecule has 310 valence electrons. The highest BCUT2D eigenvalue weighted by molar-refractivity contribution is 8.14. The van der Waals surface area contributed by atoms with Crippen LogP contribution in [0.1, 0.15) is 96.6 Å². The average molecular weight is 815 g/mol. The third-order valence-corrected chi connectivity index (χ3v) is 13.9. The Bertz CT molecular complexity index is 1990. The Labute approximate surface area is 342 Å². The first-order valence-electron chi connectivity index (χ1n) is 19.5. The van der Waals surface area contributed by atoms with Crippen molar-refractivity contribution in [3.8, 4) is 0 Å². The zero-order chi connectivity index (χ0) is 42.4. The number of nitrogens with zero attached hydrogens (tertiary/aromatic N) is 2. The van der Waals surface area contributed by atoms with Gasteiger partial charge in [-0.15, -0.1) is 5.11 Å². The third kappa shape index (κ3) is 9.65. The number of fused-ring (bicyclic) bond motifs is 6. The van der Waals surface area contributed by atoms with Gasteiger partial charge in [-0.2, -0.15) is 0 Å². The molecule has 1 amide bonds. The lowest BCUT2D eigenvalue weighted by Gasteiger charge is -2.61. The second-order valence-electron chi connectivity index (χ2n) is 16.2. The van der Waals surface area contributed by atoms with E-state index in [1.54, 1.807) is 55.5 Å². The maximum atomic E-state index is 12.2. The van der Waals surface area contributed by atoms with Gasteiger partial charge in [0, 0.05) is 48.5 Å². The standard InChI is InChI=1S/C24H32O4S.C14H15N7.C4H7NO3/c1-14(25)29-19-13-15-12-16(26)4-8-22(15,2)17-5-9-23(3)18(21(17)19)6-10-24(23)11-7-20(27)28-24;15-13(16)9-1-5-11(6-2-9)19-21-20-12-7-3-10(4-8-12)14(17)18;1-3(6)5-2-4(7)8/h12,17-19,21H,4-11,13H2,1-3H3;1-8H,(H3,15,16)(H3,17,18)(H,19,20);2H2,1H3,(H,5,6)(H,7,8)/t17-,18-,19+,21+,22-,23-,24+;;/m0../s1. The van der Waals surface area contributed by atoms with Gasteiger partial charge in [0.15, 0.2) is 10.9 Å². The van der Waals surface area contributed by atoms with Crippen molar-refractivity contribution in [1.29, 1.82) is 10.8 Å². The molecule has 58 heavy (non-hydrogen) atoms. The minimum atomic E-state index is -1.03. The van der Waals surface area contributed by atoms with E-state index in [2.05, 4.69) is 34.9 Å². The number of carboxylic acids is 1. The average Bonchev–Trinajstić information content (AvgIpc) is 3.70. The molecule has 9 N–H and O–H groups in total. The van der Waals surface area contributed by atoms with Gasteiger partial charge in [0.1, 0.15) is 23.8 Å². The summed E-state index contributed by atoms with van der Waals surface area (Å²) in [6.07, 6.45) is 10.0. The minimum Gasteiger partial charge on any atom is -0.480 e. The summed E-state index contributed by atoms with van der Waals surface area (Å²) >= 11 is 1.50. The Balaban J connectivity index is 0.000000193. The van der Waals surface area contributed by atoms with Crippen LogP contribution in [-0.2, 0) is 28.7 Å². The van der Waals surface area contributed by atoms with Gasteiger partial charge in [-0.3, -0.25) is 40.2 Å². The molecule has 0 aromatic heterocycles. The molecule has 0 bridgehead atoms. The molecule has 1 aliphatic heterocycles. The molecule has 4 aliphatic carbocycles. The summed E-state index contributed by atoms with van der Waals surface area (Å²) in [6, 6.07) is 13.8. The first-order chi connectivity index (χ1) is 27.4. The van der Waals surface area contributed by atoms with Crippen molar-refractivity contribution >= 4 is 63.6 Å². The Morgan fingerprint density at radius 1 is 0.897 bits per heavy atom. The van der Waals surface area contributed by atoms with Gasteiger partial charge in [-0.1, -0.05) is 36.4 Å². The van der Waals surface area contributed by atoms with E-state index in [4.69, 9.17) is 32.1 Å². The molecule has 5 aliphatic rings. The van der Waals surface area contributed by atoms with Gasteiger partial charge in [0.2, 0.25) is 5.91 Å². The normalized spacial score (nSPS) is 29.2. The molecule has 0 unspecified atom stereocenters. The molecule has 16 heteroatoms. The fraction of sp³-hybridized carbons (Fsp3) is 0.500. The molecule has 0 radical (unpaired) electrons. The zero-order valence-electron chi connectivity index (χ0n) is 33.4. The highest BCUT2D eigenvalue weighted by Gasteiger charge is 2.68. The molecule has 1 spiro atoms. The SMILES string of the molecule is CC(=O)NCC(=O)O.CC(=O)S[C@@H]1CC2=CC(=O)CC[C@]2(C)[C@H]2CC[C@@]3(C)[C@@H](CC[C@@]34CCC(=O)O4)[C@H]12.N=C(N)c1ccc(N=NNc2ccc(C(=N)N)cc2)cc1. The maximum absolute atomic E-state index is 12.2. The van der Waals surface area contributed by atoms with Gasteiger partial charge in [-0.05, 0) is 123 Å². The lowest BCUT2D eigenvalue weighted by molar-refractivity contribution is -0.167. The van der Waals surface area contributed by atoms with E-state index >= 15 is 0 Å². The molecule has 1 heterocycles. The van der Waals surface area contributed by atoms with Crippen LogP contribution >= 0.6 is 11.8 Å². The maximum Gasteiger partial charge on any atom is 0.322 e. The van der Waals surface area contributed by atoms with Crippen LogP contribution in [-0.4, -0.2) is 62.9 Å². The highest BCUT2D eigenvalue weighted by Crippen LogP contribution is 2.70. The van der Waals surface area contributed by atoms with Crippen LogP contribution < -0.4 is 22.2 Å². The van der Waals surface area contributed by atoms with Crippen molar-refractivity contribution in [3.63, 3.8) is 0 Å². The van der Waals surface area contributed by atoms with Crippen molar-refractivity contribution < 1.29 is 33.8 Å². The number of hydrogen-bond donors (Lipinski definition) is 7. The van der Waals surface area contributed by atoms with Crippen molar-refractivity contribution in [2.24, 2.45) is 50.4 Å². The number of rotatable bonds is 8. The molecule has 7 atom stereocenters. The van der Waals surface area contributed by atoms with E-state index in [-0.39, 0.29) is 62.7 Å². The number of anilines is 1. The first kappa shape index (κ1) is 43.7. The van der Waals surface area contributed by atoms with Crippen LogP contribution in [0.3, 0.4) is 0 Å². The van der Waals surface area contributed by atoms with E-state index in [0.717, 1.165) is 50.6 Å².